The molecule has 0 saturated carbocycles. The Balaban J connectivity index is 2.63. The van der Waals surface area contributed by atoms with Gasteiger partial charge in [0.15, 0.2) is 12.0 Å². The van der Waals surface area contributed by atoms with Gasteiger partial charge in [-0.1, -0.05) is 0 Å². The molecule has 0 fully saturated rings. The molecule has 0 saturated heterocycles. The van der Waals surface area contributed by atoms with Crippen molar-refractivity contribution in [1.29, 1.82) is 0 Å². The number of hydrogen-bond donors (Lipinski definition) is 1. The molecule has 0 aliphatic carbocycles. The van der Waals surface area contributed by atoms with Gasteiger partial charge in [-0.05, 0) is 24.3 Å². The molecular weight excluding hydrogens is 268 g/mol. The number of carbonyl (C=O) groups excluding carboxylic acids is 1. The van der Waals surface area contributed by atoms with Gasteiger partial charge in [-0.2, -0.15) is 13.2 Å². The Morgan fingerprint density at radius 1 is 1.16 bits per heavy atom. The number of halogens is 4. The zero-order valence-electron chi connectivity index (χ0n) is 9.16. The van der Waals surface area contributed by atoms with Gasteiger partial charge in [0, 0.05) is 0 Å². The van der Waals surface area contributed by atoms with Crippen molar-refractivity contribution < 1.29 is 31.9 Å². The highest BCUT2D eigenvalue weighted by molar-refractivity contribution is 5.74. The fourth-order valence-corrected chi connectivity index (χ4v) is 1.60. The number of furan rings is 1. The monoisotopic (exact) mass is 274 g/mol. The van der Waals surface area contributed by atoms with Gasteiger partial charge in [0.05, 0.1) is 5.56 Å². The topological polar surface area (TPSA) is 50.4 Å². The molecule has 0 atom stereocenters. The highest BCUT2D eigenvalue weighted by Crippen LogP contribution is 2.42. The maximum absolute atomic E-state index is 13.1. The average molecular weight is 274 g/mol. The number of benzene rings is 1. The Hall–Kier alpha value is -2.31. The molecule has 19 heavy (non-hydrogen) atoms. The Morgan fingerprint density at radius 3 is 2.37 bits per heavy atom. The predicted molar refractivity (Wildman–Crippen MR) is 56.2 cm³/mol. The molecule has 0 aliphatic heterocycles. The van der Waals surface area contributed by atoms with Crippen LogP contribution < -0.4 is 0 Å². The standard InChI is InChI=1S/C12H6F4O3/c13-8-3-2-7(9-4-1-6(5-17)19-9)11(18)10(8)12(14,15)16/h1-5,18H. The highest BCUT2D eigenvalue weighted by atomic mass is 19.4. The summed E-state index contributed by atoms with van der Waals surface area (Å²) in [5, 5.41) is 9.53. The van der Waals surface area contributed by atoms with Crippen LogP contribution in [0.15, 0.2) is 28.7 Å². The lowest BCUT2D eigenvalue weighted by Crippen LogP contribution is -2.08. The van der Waals surface area contributed by atoms with E-state index in [0.29, 0.717) is 12.4 Å². The summed E-state index contributed by atoms with van der Waals surface area (Å²) in [7, 11) is 0. The van der Waals surface area contributed by atoms with E-state index in [4.69, 9.17) is 4.42 Å². The van der Waals surface area contributed by atoms with Crippen molar-refractivity contribution in [3.63, 3.8) is 0 Å². The molecule has 2 rings (SSSR count). The molecule has 2 aromatic rings. The second-order valence-corrected chi connectivity index (χ2v) is 3.64. The fraction of sp³-hybridized carbons (Fsp3) is 0.0833. The second-order valence-electron chi connectivity index (χ2n) is 3.64. The van der Waals surface area contributed by atoms with Crippen LogP contribution in [0.1, 0.15) is 16.1 Å². The molecule has 0 aliphatic rings. The minimum atomic E-state index is -5.04. The minimum Gasteiger partial charge on any atom is -0.506 e. The third-order valence-corrected chi connectivity index (χ3v) is 2.42. The lowest BCUT2D eigenvalue weighted by atomic mass is 10.1. The van der Waals surface area contributed by atoms with Crippen LogP contribution in [0.5, 0.6) is 5.75 Å². The number of hydrogen-bond acceptors (Lipinski definition) is 3. The van der Waals surface area contributed by atoms with E-state index in [-0.39, 0.29) is 17.1 Å². The quantitative estimate of drug-likeness (QED) is 0.672. The Morgan fingerprint density at radius 2 is 1.84 bits per heavy atom. The first-order valence-corrected chi connectivity index (χ1v) is 4.98. The summed E-state index contributed by atoms with van der Waals surface area (Å²) in [5.41, 5.74) is -2.11. The summed E-state index contributed by atoms with van der Waals surface area (Å²) >= 11 is 0. The van der Waals surface area contributed by atoms with Gasteiger partial charge in [0.2, 0.25) is 0 Å². The normalized spacial score (nSPS) is 11.6. The number of carbonyl (C=O) groups is 1. The lowest BCUT2D eigenvalue weighted by molar-refractivity contribution is -0.141. The number of aromatic hydroxyl groups is 1. The van der Waals surface area contributed by atoms with Crippen LogP contribution in [0.3, 0.4) is 0 Å². The van der Waals surface area contributed by atoms with Crippen LogP contribution in [0.2, 0.25) is 0 Å². The Kier molecular flexibility index (Phi) is 3.05. The molecule has 0 bridgehead atoms. The van der Waals surface area contributed by atoms with E-state index in [2.05, 4.69) is 0 Å². The molecule has 3 nitrogen and oxygen atoms in total. The summed E-state index contributed by atoms with van der Waals surface area (Å²) in [4.78, 5) is 10.4. The minimum absolute atomic E-state index is 0.118. The van der Waals surface area contributed by atoms with Crippen molar-refractivity contribution in [3.05, 3.63) is 41.4 Å². The Labute approximate surface area is 104 Å². The zero-order chi connectivity index (χ0) is 14.2. The molecule has 1 aromatic heterocycles. The van der Waals surface area contributed by atoms with E-state index in [0.717, 1.165) is 6.07 Å². The van der Waals surface area contributed by atoms with E-state index >= 15 is 0 Å². The van der Waals surface area contributed by atoms with Gasteiger partial charge >= 0.3 is 6.18 Å². The Bertz CT molecular complexity index is 628. The number of phenols is 1. The molecule has 0 unspecified atom stereocenters. The van der Waals surface area contributed by atoms with Crippen molar-refractivity contribution in [1.82, 2.24) is 0 Å². The van der Waals surface area contributed by atoms with Crippen LogP contribution in [-0.4, -0.2) is 11.4 Å². The van der Waals surface area contributed by atoms with Crippen molar-refractivity contribution in [2.75, 3.05) is 0 Å². The van der Waals surface area contributed by atoms with Gasteiger partial charge in [-0.25, -0.2) is 4.39 Å². The van der Waals surface area contributed by atoms with Gasteiger partial charge in [-0.15, -0.1) is 0 Å². The third-order valence-electron chi connectivity index (χ3n) is 2.42. The van der Waals surface area contributed by atoms with E-state index in [1.165, 1.54) is 12.1 Å². The van der Waals surface area contributed by atoms with Crippen molar-refractivity contribution in [3.8, 4) is 17.1 Å². The molecule has 0 radical (unpaired) electrons. The van der Waals surface area contributed by atoms with E-state index in [1.54, 1.807) is 0 Å². The average Bonchev–Trinajstić information content (AvgIpc) is 2.75. The van der Waals surface area contributed by atoms with Gasteiger partial charge in [-0.3, -0.25) is 4.79 Å². The number of alkyl halides is 3. The molecule has 1 N–H and O–H groups in total. The summed E-state index contributed by atoms with van der Waals surface area (Å²) < 4.78 is 55.8. The third kappa shape index (κ3) is 2.31. The highest BCUT2D eigenvalue weighted by Gasteiger charge is 2.38. The first kappa shape index (κ1) is 13.1. The molecule has 0 spiro atoms. The zero-order valence-corrected chi connectivity index (χ0v) is 9.16. The SMILES string of the molecule is O=Cc1ccc(-c2ccc(F)c(C(F)(F)F)c2O)o1. The number of aldehydes is 1. The maximum atomic E-state index is 13.1. The summed E-state index contributed by atoms with van der Waals surface area (Å²) in [6, 6.07) is 3.93. The first-order valence-electron chi connectivity index (χ1n) is 4.98. The molecule has 0 amide bonds. The number of phenolic OH excluding ortho intramolecular Hbond substituents is 1. The second kappa shape index (κ2) is 4.42. The van der Waals surface area contributed by atoms with Crippen molar-refractivity contribution >= 4 is 6.29 Å². The van der Waals surface area contributed by atoms with Gasteiger partial charge in [0.1, 0.15) is 22.9 Å². The van der Waals surface area contributed by atoms with Crippen LogP contribution in [0.25, 0.3) is 11.3 Å². The summed E-state index contributed by atoms with van der Waals surface area (Å²) in [6.45, 7) is 0. The molecule has 100 valence electrons. The summed E-state index contributed by atoms with van der Waals surface area (Å²) in [5.74, 6) is -3.15. The lowest BCUT2D eigenvalue weighted by Gasteiger charge is -2.12. The fourth-order valence-electron chi connectivity index (χ4n) is 1.60. The summed E-state index contributed by atoms with van der Waals surface area (Å²) in [6.07, 6.45) is -4.68. The van der Waals surface area contributed by atoms with E-state index < -0.39 is 23.3 Å². The smallest absolute Gasteiger partial charge is 0.422 e. The van der Waals surface area contributed by atoms with Crippen LogP contribution in [0, 0.1) is 5.82 Å². The van der Waals surface area contributed by atoms with Crippen molar-refractivity contribution in [2.45, 2.75) is 6.18 Å². The van der Waals surface area contributed by atoms with Gasteiger partial charge in [0.25, 0.3) is 0 Å². The van der Waals surface area contributed by atoms with E-state index in [9.17, 15) is 27.5 Å². The van der Waals surface area contributed by atoms with E-state index in [1.807, 2.05) is 0 Å². The number of rotatable bonds is 2. The van der Waals surface area contributed by atoms with Crippen LogP contribution >= 0.6 is 0 Å². The predicted octanol–water partition coefficient (Wildman–Crippen LogP) is 3.62. The van der Waals surface area contributed by atoms with Crippen LogP contribution in [-0.2, 0) is 6.18 Å². The maximum Gasteiger partial charge on any atom is 0.422 e. The van der Waals surface area contributed by atoms with Crippen LogP contribution in [0.4, 0.5) is 17.6 Å². The largest absolute Gasteiger partial charge is 0.506 e. The molecular formula is C12H6F4O3. The van der Waals surface area contributed by atoms with Gasteiger partial charge < -0.3 is 9.52 Å². The first-order chi connectivity index (χ1) is 8.84. The molecule has 1 aromatic carbocycles. The molecule has 7 heteroatoms. The molecule has 1 heterocycles. The van der Waals surface area contributed by atoms with Crippen molar-refractivity contribution in [2.24, 2.45) is 0 Å².